The summed E-state index contributed by atoms with van der Waals surface area (Å²) in [6.07, 6.45) is 6.13. The van der Waals surface area contributed by atoms with Gasteiger partial charge in [0.1, 0.15) is 0 Å². The van der Waals surface area contributed by atoms with Crippen molar-refractivity contribution in [3.8, 4) is 0 Å². The maximum atomic E-state index is 13.2. The van der Waals surface area contributed by atoms with Crippen molar-refractivity contribution < 1.29 is 4.79 Å². The molecule has 0 fully saturated rings. The first-order valence-corrected chi connectivity index (χ1v) is 11.7. The predicted octanol–water partition coefficient (Wildman–Crippen LogP) is 6.32. The number of carbonyl (C=O) groups is 1. The Hall–Kier alpha value is -1.41. The fourth-order valence-electron chi connectivity index (χ4n) is 3.29. The van der Waals surface area contributed by atoms with Crippen LogP contribution in [0.1, 0.15) is 34.6 Å². The van der Waals surface area contributed by atoms with E-state index in [-0.39, 0.29) is 17.7 Å². The van der Waals surface area contributed by atoms with E-state index in [0.717, 1.165) is 23.3 Å². The van der Waals surface area contributed by atoms with Crippen molar-refractivity contribution in [2.75, 3.05) is 18.4 Å². The lowest BCUT2D eigenvalue weighted by atomic mass is 9.82. The van der Waals surface area contributed by atoms with Crippen LogP contribution in [0.4, 0.5) is 5.13 Å². The number of amides is 1. The second-order valence-electron chi connectivity index (χ2n) is 7.09. The molecule has 152 valence electrons. The fraction of sp³-hybridized carbons (Fsp3) is 0.455. The van der Waals surface area contributed by atoms with Crippen LogP contribution in [0.2, 0.25) is 0 Å². The third kappa shape index (κ3) is 5.80. The Labute approximate surface area is 186 Å². The number of benzene rings is 1. The number of halogens is 1. The van der Waals surface area contributed by atoms with Gasteiger partial charge in [-0.05, 0) is 67.3 Å². The lowest BCUT2D eigenvalue weighted by Crippen LogP contribution is -2.38. The number of anilines is 1. The van der Waals surface area contributed by atoms with Gasteiger partial charge in [-0.15, -0.1) is 0 Å². The first kappa shape index (κ1) is 22.9. The molecule has 0 aliphatic heterocycles. The Bertz CT molecular complexity index is 810. The summed E-state index contributed by atoms with van der Waals surface area (Å²) >= 11 is 3.89. The minimum atomic E-state index is -0.202. The van der Waals surface area contributed by atoms with Gasteiger partial charge in [0.2, 0.25) is 5.91 Å². The molecule has 0 spiro atoms. The van der Waals surface area contributed by atoms with Crippen molar-refractivity contribution in [1.82, 2.24) is 9.88 Å². The fourth-order valence-corrected chi connectivity index (χ4v) is 4.70. The predicted molar refractivity (Wildman–Crippen MR) is 130 cm³/mol. The molecule has 0 saturated carbocycles. The minimum absolute atomic E-state index is 0.0161. The van der Waals surface area contributed by atoms with E-state index < -0.39 is 0 Å². The van der Waals surface area contributed by atoms with Crippen LogP contribution >= 0.6 is 33.9 Å². The standard InChI is InChI=1S/C22H30IN3OS/c1-6-11-16(17(15(4)5)14-26(8-3)20(23)7-2)21(27)25-22-24-18-12-9-10-13-19(18)28-22/h6-7,9-13,15-17H,8,14H2,1-5H3,(H,24,25,27)/b11-6-,20-7+. The van der Waals surface area contributed by atoms with E-state index in [4.69, 9.17) is 0 Å². The summed E-state index contributed by atoms with van der Waals surface area (Å²) < 4.78 is 2.30. The van der Waals surface area contributed by atoms with Gasteiger partial charge in [0.25, 0.3) is 0 Å². The van der Waals surface area contributed by atoms with Crippen molar-refractivity contribution in [2.24, 2.45) is 17.8 Å². The molecule has 2 aromatic rings. The lowest BCUT2D eigenvalue weighted by Gasteiger charge is -2.33. The summed E-state index contributed by atoms with van der Waals surface area (Å²) in [5.41, 5.74) is 0.922. The highest BCUT2D eigenvalue weighted by atomic mass is 127. The second-order valence-corrected chi connectivity index (χ2v) is 9.22. The second kappa shape index (κ2) is 11.0. The van der Waals surface area contributed by atoms with Crippen molar-refractivity contribution >= 4 is 55.2 Å². The lowest BCUT2D eigenvalue weighted by molar-refractivity contribution is -0.120. The summed E-state index contributed by atoms with van der Waals surface area (Å²) in [6, 6.07) is 7.96. The van der Waals surface area contributed by atoms with Crippen LogP contribution in [0.5, 0.6) is 0 Å². The largest absolute Gasteiger partial charge is 0.367 e. The number of thiazole rings is 1. The average Bonchev–Trinajstić information content (AvgIpc) is 3.08. The smallest absolute Gasteiger partial charge is 0.233 e. The summed E-state index contributed by atoms with van der Waals surface area (Å²) in [4.78, 5) is 20.1. The molecular formula is C22H30IN3OS. The van der Waals surface area contributed by atoms with Crippen molar-refractivity contribution in [3.63, 3.8) is 0 Å². The number of nitrogens with one attached hydrogen (secondary N) is 1. The van der Waals surface area contributed by atoms with Crippen molar-refractivity contribution in [1.29, 1.82) is 0 Å². The zero-order valence-corrected chi connectivity index (χ0v) is 20.3. The summed E-state index contributed by atoms with van der Waals surface area (Å²) in [6.45, 7) is 12.4. The van der Waals surface area contributed by atoms with Crippen molar-refractivity contribution in [2.45, 2.75) is 34.6 Å². The number of carbonyl (C=O) groups excluding carboxylic acids is 1. The monoisotopic (exact) mass is 511 g/mol. The van der Waals surface area contributed by atoms with Gasteiger partial charge < -0.3 is 10.2 Å². The number of hydrogen-bond acceptors (Lipinski definition) is 4. The molecule has 0 aliphatic carbocycles. The molecule has 1 aromatic carbocycles. The molecule has 0 bridgehead atoms. The molecule has 1 amide bonds. The highest BCUT2D eigenvalue weighted by molar-refractivity contribution is 14.1. The van der Waals surface area contributed by atoms with E-state index in [1.165, 1.54) is 15.0 Å². The van der Waals surface area contributed by atoms with Gasteiger partial charge in [0.05, 0.1) is 19.8 Å². The summed E-state index contributed by atoms with van der Waals surface area (Å²) in [5, 5.41) is 3.73. The third-order valence-corrected chi connectivity index (χ3v) is 7.15. The number of fused-ring (bicyclic) bond motifs is 1. The molecule has 4 nitrogen and oxygen atoms in total. The first-order valence-electron chi connectivity index (χ1n) is 9.77. The van der Waals surface area contributed by atoms with Crippen LogP contribution in [-0.2, 0) is 4.79 Å². The number of para-hydroxylation sites is 1. The van der Waals surface area contributed by atoms with Crippen molar-refractivity contribution in [3.05, 3.63) is 46.2 Å². The SMILES string of the molecule is C/C=C\C(C(=O)Nc1nc2ccccc2s1)C(CN(CC)/C(I)=C/C)C(C)C. The van der Waals surface area contributed by atoms with E-state index in [1.54, 1.807) is 0 Å². The number of aromatic nitrogens is 1. The Morgan fingerprint density at radius 3 is 2.61 bits per heavy atom. The normalized spacial score (nSPS) is 14.6. The summed E-state index contributed by atoms with van der Waals surface area (Å²) in [5.74, 6) is 0.391. The van der Waals surface area contributed by atoms with Gasteiger partial charge in [0.15, 0.2) is 5.13 Å². The first-order chi connectivity index (χ1) is 13.4. The topological polar surface area (TPSA) is 45.2 Å². The molecule has 0 saturated heterocycles. The zero-order chi connectivity index (χ0) is 20.7. The molecular weight excluding hydrogens is 481 g/mol. The number of allylic oxidation sites excluding steroid dienone is 2. The van der Waals surface area contributed by atoms with Crippen LogP contribution in [0, 0.1) is 17.8 Å². The minimum Gasteiger partial charge on any atom is -0.367 e. The van der Waals surface area contributed by atoms with Crippen LogP contribution < -0.4 is 5.32 Å². The Morgan fingerprint density at radius 2 is 2.04 bits per heavy atom. The van der Waals surface area contributed by atoms with Gasteiger partial charge in [-0.3, -0.25) is 4.79 Å². The van der Waals surface area contributed by atoms with Gasteiger partial charge >= 0.3 is 0 Å². The molecule has 2 unspecified atom stereocenters. The molecule has 0 aliphatic rings. The van der Waals surface area contributed by atoms with E-state index >= 15 is 0 Å². The van der Waals surface area contributed by atoms with Gasteiger partial charge in [0, 0.05) is 13.1 Å². The van der Waals surface area contributed by atoms with E-state index in [2.05, 4.69) is 71.6 Å². The van der Waals surface area contributed by atoms with Crippen LogP contribution in [0.15, 0.2) is 46.2 Å². The number of hydrogen-bond donors (Lipinski definition) is 1. The molecule has 1 aromatic heterocycles. The van der Waals surface area contributed by atoms with Gasteiger partial charge in [-0.1, -0.05) is 55.5 Å². The van der Waals surface area contributed by atoms with E-state index in [9.17, 15) is 4.79 Å². The maximum Gasteiger partial charge on any atom is 0.233 e. The van der Waals surface area contributed by atoms with Gasteiger partial charge in [-0.25, -0.2) is 4.98 Å². The highest BCUT2D eigenvalue weighted by Crippen LogP contribution is 2.30. The van der Waals surface area contributed by atoms with Crippen LogP contribution in [-0.4, -0.2) is 28.9 Å². The molecule has 0 radical (unpaired) electrons. The quantitative estimate of drug-likeness (QED) is 0.244. The number of rotatable bonds is 9. The molecule has 28 heavy (non-hydrogen) atoms. The van der Waals surface area contributed by atoms with E-state index in [1.807, 2.05) is 43.3 Å². The van der Waals surface area contributed by atoms with E-state index in [0.29, 0.717) is 11.0 Å². The van der Waals surface area contributed by atoms with Crippen LogP contribution in [0.25, 0.3) is 10.2 Å². The molecule has 2 rings (SSSR count). The molecule has 1 N–H and O–H groups in total. The number of nitrogens with zero attached hydrogens (tertiary/aromatic N) is 2. The average molecular weight is 511 g/mol. The maximum absolute atomic E-state index is 13.2. The highest BCUT2D eigenvalue weighted by Gasteiger charge is 2.30. The Balaban J connectivity index is 2.24. The third-order valence-electron chi connectivity index (χ3n) is 4.90. The molecule has 1 heterocycles. The molecule has 2 atom stereocenters. The van der Waals surface area contributed by atoms with Gasteiger partial charge in [-0.2, -0.15) is 0 Å². The Kier molecular flexibility index (Phi) is 8.95. The van der Waals surface area contributed by atoms with Crippen LogP contribution in [0.3, 0.4) is 0 Å². The molecule has 6 heteroatoms. The summed E-state index contributed by atoms with van der Waals surface area (Å²) in [7, 11) is 0. The Morgan fingerprint density at radius 1 is 1.32 bits per heavy atom. The zero-order valence-electron chi connectivity index (χ0n) is 17.3.